The highest BCUT2D eigenvalue weighted by atomic mass is 35.5. The zero-order valence-electron chi connectivity index (χ0n) is 10.8. The number of anilines is 1. The monoisotopic (exact) mass is 320 g/mol. The highest BCUT2D eigenvalue weighted by molar-refractivity contribution is 6.42. The van der Waals surface area contributed by atoms with Crippen LogP contribution in [0.15, 0.2) is 42.5 Å². The molecular weight excluding hydrogens is 311 g/mol. The number of hydrogen-bond donors (Lipinski definition) is 1. The Morgan fingerprint density at radius 3 is 2.67 bits per heavy atom. The average molecular weight is 321 g/mol. The zero-order chi connectivity index (χ0) is 15.2. The van der Waals surface area contributed by atoms with Gasteiger partial charge in [-0.1, -0.05) is 35.3 Å². The second-order valence-corrected chi connectivity index (χ2v) is 4.88. The van der Waals surface area contributed by atoms with Crippen molar-refractivity contribution in [1.29, 1.82) is 5.26 Å². The van der Waals surface area contributed by atoms with E-state index < -0.39 is 0 Å². The number of benzene rings is 2. The van der Waals surface area contributed by atoms with Gasteiger partial charge in [-0.25, -0.2) is 0 Å². The first kappa shape index (κ1) is 15.2. The molecule has 0 atom stereocenters. The molecule has 2 aromatic carbocycles. The van der Waals surface area contributed by atoms with Crippen molar-refractivity contribution >= 4 is 34.8 Å². The van der Waals surface area contributed by atoms with Gasteiger partial charge in [0.2, 0.25) is 0 Å². The second-order valence-electron chi connectivity index (χ2n) is 4.07. The highest BCUT2D eigenvalue weighted by Gasteiger charge is 2.08. The Bertz CT molecular complexity index is 711. The number of nitrogens with one attached hydrogen (secondary N) is 1. The van der Waals surface area contributed by atoms with Crippen LogP contribution in [-0.2, 0) is 4.79 Å². The maximum atomic E-state index is 11.8. The molecular formula is C15H10Cl2N2O2. The van der Waals surface area contributed by atoms with E-state index in [0.29, 0.717) is 27.0 Å². The van der Waals surface area contributed by atoms with Crippen molar-refractivity contribution < 1.29 is 9.53 Å². The van der Waals surface area contributed by atoms with Gasteiger partial charge in [-0.2, -0.15) is 5.26 Å². The zero-order valence-corrected chi connectivity index (χ0v) is 12.3. The number of hydrogen-bond acceptors (Lipinski definition) is 3. The summed E-state index contributed by atoms with van der Waals surface area (Å²) >= 11 is 11.6. The molecule has 0 saturated carbocycles. The van der Waals surface area contributed by atoms with Gasteiger partial charge in [0.05, 0.1) is 21.3 Å². The van der Waals surface area contributed by atoms with E-state index in [1.807, 2.05) is 6.07 Å². The summed E-state index contributed by atoms with van der Waals surface area (Å²) in [4.78, 5) is 11.8. The third-order valence-corrected chi connectivity index (χ3v) is 3.32. The minimum atomic E-state index is -0.372. The molecule has 1 amide bonds. The predicted octanol–water partition coefficient (Wildman–Crippen LogP) is 3.88. The van der Waals surface area contributed by atoms with Crippen molar-refractivity contribution in [2.75, 3.05) is 11.9 Å². The van der Waals surface area contributed by atoms with Crippen molar-refractivity contribution in [2.45, 2.75) is 0 Å². The molecule has 1 N–H and O–H groups in total. The van der Waals surface area contributed by atoms with Crippen LogP contribution in [-0.4, -0.2) is 12.5 Å². The standard InChI is InChI=1S/C15H10Cl2N2O2/c16-12-6-5-11(7-13(12)17)21-9-15(20)19-14-4-2-1-3-10(14)8-18/h1-7H,9H2,(H,19,20). The molecule has 2 aromatic rings. The fourth-order valence-corrected chi connectivity index (χ4v) is 1.88. The summed E-state index contributed by atoms with van der Waals surface area (Å²) in [6, 6.07) is 13.5. The number of carbonyl (C=O) groups excluding carboxylic acids is 1. The SMILES string of the molecule is N#Cc1ccccc1NC(=O)COc1ccc(Cl)c(Cl)c1. The van der Waals surface area contributed by atoms with E-state index in [2.05, 4.69) is 5.32 Å². The highest BCUT2D eigenvalue weighted by Crippen LogP contribution is 2.26. The minimum absolute atomic E-state index is 0.197. The summed E-state index contributed by atoms with van der Waals surface area (Å²) in [5, 5.41) is 12.3. The molecule has 0 aliphatic carbocycles. The van der Waals surface area contributed by atoms with Crippen LogP contribution in [0.3, 0.4) is 0 Å². The summed E-state index contributed by atoms with van der Waals surface area (Å²) in [6.45, 7) is -0.197. The van der Waals surface area contributed by atoms with Crippen LogP contribution in [0.4, 0.5) is 5.69 Å². The van der Waals surface area contributed by atoms with E-state index in [1.165, 1.54) is 6.07 Å². The van der Waals surface area contributed by atoms with Crippen LogP contribution in [0, 0.1) is 11.3 Å². The Labute approximate surface area is 131 Å². The van der Waals surface area contributed by atoms with E-state index in [-0.39, 0.29) is 12.5 Å². The molecule has 6 heteroatoms. The molecule has 0 aromatic heterocycles. The molecule has 0 heterocycles. The number of amides is 1. The van der Waals surface area contributed by atoms with E-state index in [4.69, 9.17) is 33.2 Å². The van der Waals surface area contributed by atoms with Gasteiger partial charge in [0, 0.05) is 6.07 Å². The molecule has 0 spiro atoms. The second kappa shape index (κ2) is 6.98. The number of ether oxygens (including phenoxy) is 1. The first-order chi connectivity index (χ1) is 10.1. The molecule has 0 bridgehead atoms. The molecule has 0 radical (unpaired) electrons. The number of para-hydroxylation sites is 1. The summed E-state index contributed by atoms with van der Waals surface area (Å²) in [6.07, 6.45) is 0. The Hall–Kier alpha value is -2.22. The third kappa shape index (κ3) is 4.12. The molecule has 0 fully saturated rings. The van der Waals surface area contributed by atoms with E-state index in [0.717, 1.165) is 0 Å². The lowest BCUT2D eigenvalue weighted by molar-refractivity contribution is -0.118. The van der Waals surface area contributed by atoms with Gasteiger partial charge < -0.3 is 10.1 Å². The molecule has 0 aliphatic rings. The lowest BCUT2D eigenvalue weighted by atomic mass is 10.2. The van der Waals surface area contributed by atoms with Crippen molar-refractivity contribution in [2.24, 2.45) is 0 Å². The van der Waals surface area contributed by atoms with Gasteiger partial charge in [0.15, 0.2) is 6.61 Å². The van der Waals surface area contributed by atoms with Gasteiger partial charge in [0.25, 0.3) is 5.91 Å². The maximum absolute atomic E-state index is 11.8. The topological polar surface area (TPSA) is 62.1 Å². The smallest absolute Gasteiger partial charge is 0.262 e. The molecule has 2 rings (SSSR count). The predicted molar refractivity (Wildman–Crippen MR) is 81.7 cm³/mol. The normalized spacial score (nSPS) is 9.76. The maximum Gasteiger partial charge on any atom is 0.262 e. The Morgan fingerprint density at radius 1 is 1.19 bits per heavy atom. The average Bonchev–Trinajstić information content (AvgIpc) is 2.49. The van der Waals surface area contributed by atoms with Crippen LogP contribution in [0.25, 0.3) is 0 Å². The summed E-state index contributed by atoms with van der Waals surface area (Å²) < 4.78 is 5.31. The fraction of sp³-hybridized carbons (Fsp3) is 0.0667. The fourth-order valence-electron chi connectivity index (χ4n) is 1.59. The van der Waals surface area contributed by atoms with Gasteiger partial charge in [-0.15, -0.1) is 0 Å². The van der Waals surface area contributed by atoms with Crippen LogP contribution >= 0.6 is 23.2 Å². The molecule has 21 heavy (non-hydrogen) atoms. The Morgan fingerprint density at radius 2 is 1.95 bits per heavy atom. The van der Waals surface area contributed by atoms with Crippen molar-refractivity contribution in [3.63, 3.8) is 0 Å². The van der Waals surface area contributed by atoms with Crippen LogP contribution in [0.1, 0.15) is 5.56 Å². The van der Waals surface area contributed by atoms with Crippen molar-refractivity contribution in [3.8, 4) is 11.8 Å². The number of nitriles is 1. The van der Waals surface area contributed by atoms with E-state index in [9.17, 15) is 4.79 Å². The van der Waals surface area contributed by atoms with E-state index >= 15 is 0 Å². The lowest BCUT2D eigenvalue weighted by Crippen LogP contribution is -2.20. The molecule has 0 unspecified atom stereocenters. The largest absolute Gasteiger partial charge is 0.484 e. The molecule has 0 aliphatic heterocycles. The van der Waals surface area contributed by atoms with Crippen molar-refractivity contribution in [3.05, 3.63) is 58.1 Å². The van der Waals surface area contributed by atoms with Crippen LogP contribution < -0.4 is 10.1 Å². The first-order valence-electron chi connectivity index (χ1n) is 5.97. The number of nitrogens with zero attached hydrogens (tertiary/aromatic N) is 1. The van der Waals surface area contributed by atoms with Crippen LogP contribution in [0.5, 0.6) is 5.75 Å². The molecule has 4 nitrogen and oxygen atoms in total. The van der Waals surface area contributed by atoms with Gasteiger partial charge in [0.1, 0.15) is 11.8 Å². The number of rotatable bonds is 4. The summed E-state index contributed by atoms with van der Waals surface area (Å²) in [7, 11) is 0. The van der Waals surface area contributed by atoms with Crippen molar-refractivity contribution in [1.82, 2.24) is 0 Å². The molecule has 106 valence electrons. The van der Waals surface area contributed by atoms with Gasteiger partial charge in [-0.3, -0.25) is 4.79 Å². The number of carbonyl (C=O) groups is 1. The van der Waals surface area contributed by atoms with Crippen LogP contribution in [0.2, 0.25) is 10.0 Å². The van der Waals surface area contributed by atoms with E-state index in [1.54, 1.807) is 36.4 Å². The summed E-state index contributed by atoms with van der Waals surface area (Å²) in [5.41, 5.74) is 0.836. The molecule has 0 saturated heterocycles. The van der Waals surface area contributed by atoms with Gasteiger partial charge in [-0.05, 0) is 24.3 Å². The Kier molecular flexibility index (Phi) is 5.04. The lowest BCUT2D eigenvalue weighted by Gasteiger charge is -2.09. The third-order valence-electron chi connectivity index (χ3n) is 2.58. The number of halogens is 2. The minimum Gasteiger partial charge on any atom is -0.484 e. The van der Waals surface area contributed by atoms with Gasteiger partial charge >= 0.3 is 0 Å². The first-order valence-corrected chi connectivity index (χ1v) is 6.72. The summed E-state index contributed by atoms with van der Waals surface area (Å²) in [5.74, 6) is 0.0666. The quantitative estimate of drug-likeness (QED) is 0.929. The Balaban J connectivity index is 1.96.